The van der Waals surface area contributed by atoms with Crippen LogP contribution in [0.5, 0.6) is 0 Å². The molecule has 1 unspecified atom stereocenters. The van der Waals surface area contributed by atoms with Crippen molar-refractivity contribution in [1.82, 2.24) is 0 Å². The Morgan fingerprint density at radius 2 is 2.10 bits per heavy atom. The Hall–Kier alpha value is -0.770. The summed E-state index contributed by atoms with van der Waals surface area (Å²) < 4.78 is 5.24. The standard InChI is InChI=1S/C16H25ClN2O/c1-11(18)14-6-7-16(15(17)10-14)19(8-9-20-3)12(2)13-4-5-13/h6-7,10-13H,4-5,8-9,18H2,1-3H3/t11-,12?/m0/s1. The number of anilines is 1. The SMILES string of the molecule is COCCN(c1ccc([C@H](C)N)cc1Cl)C(C)C1CC1. The third-order valence-corrected chi connectivity index (χ3v) is 4.44. The maximum Gasteiger partial charge on any atom is 0.0643 e. The first-order valence-corrected chi connectivity index (χ1v) is 7.73. The van der Waals surface area contributed by atoms with Gasteiger partial charge in [0.2, 0.25) is 0 Å². The third-order valence-electron chi connectivity index (χ3n) is 4.14. The summed E-state index contributed by atoms with van der Waals surface area (Å²) in [5.41, 5.74) is 8.08. The molecule has 112 valence electrons. The summed E-state index contributed by atoms with van der Waals surface area (Å²) in [6, 6.07) is 6.67. The summed E-state index contributed by atoms with van der Waals surface area (Å²) in [5, 5.41) is 0.781. The molecule has 3 nitrogen and oxygen atoms in total. The van der Waals surface area contributed by atoms with Crippen molar-refractivity contribution in [3.05, 3.63) is 28.8 Å². The van der Waals surface area contributed by atoms with Gasteiger partial charge < -0.3 is 15.4 Å². The van der Waals surface area contributed by atoms with E-state index in [1.807, 2.05) is 13.0 Å². The van der Waals surface area contributed by atoms with E-state index < -0.39 is 0 Å². The lowest BCUT2D eigenvalue weighted by Crippen LogP contribution is -2.37. The Morgan fingerprint density at radius 1 is 1.40 bits per heavy atom. The molecule has 1 saturated carbocycles. The maximum absolute atomic E-state index is 6.48. The number of hydrogen-bond donors (Lipinski definition) is 1. The van der Waals surface area contributed by atoms with Gasteiger partial charge in [-0.3, -0.25) is 0 Å². The molecule has 1 aromatic carbocycles. The monoisotopic (exact) mass is 296 g/mol. The molecule has 0 heterocycles. The predicted molar refractivity (Wildman–Crippen MR) is 85.5 cm³/mol. The summed E-state index contributed by atoms with van der Waals surface area (Å²) in [4.78, 5) is 2.37. The smallest absolute Gasteiger partial charge is 0.0643 e. The third kappa shape index (κ3) is 3.66. The number of halogens is 1. The van der Waals surface area contributed by atoms with E-state index in [9.17, 15) is 0 Å². The van der Waals surface area contributed by atoms with E-state index in [0.717, 1.165) is 28.7 Å². The van der Waals surface area contributed by atoms with Gasteiger partial charge in [0.1, 0.15) is 0 Å². The number of methoxy groups -OCH3 is 1. The van der Waals surface area contributed by atoms with E-state index in [1.54, 1.807) is 7.11 Å². The highest BCUT2D eigenvalue weighted by atomic mass is 35.5. The highest BCUT2D eigenvalue weighted by molar-refractivity contribution is 6.33. The average Bonchev–Trinajstić information content (AvgIpc) is 3.24. The molecule has 0 bridgehead atoms. The van der Waals surface area contributed by atoms with Crippen LogP contribution in [0.2, 0.25) is 5.02 Å². The molecule has 2 N–H and O–H groups in total. The number of hydrogen-bond acceptors (Lipinski definition) is 3. The van der Waals surface area contributed by atoms with Crippen molar-refractivity contribution in [3.63, 3.8) is 0 Å². The molecule has 0 saturated heterocycles. The van der Waals surface area contributed by atoms with Gasteiger partial charge in [-0.05, 0) is 50.3 Å². The second-order valence-corrected chi connectivity index (χ2v) is 6.17. The van der Waals surface area contributed by atoms with Crippen molar-refractivity contribution < 1.29 is 4.74 Å². The largest absolute Gasteiger partial charge is 0.383 e. The van der Waals surface area contributed by atoms with E-state index in [0.29, 0.717) is 12.6 Å². The normalized spacial score (nSPS) is 17.9. The molecule has 1 aliphatic carbocycles. The fourth-order valence-corrected chi connectivity index (χ4v) is 2.90. The van der Waals surface area contributed by atoms with Gasteiger partial charge in [0.05, 0.1) is 17.3 Å². The number of ether oxygens (including phenoxy) is 1. The second-order valence-electron chi connectivity index (χ2n) is 5.76. The Morgan fingerprint density at radius 3 is 2.60 bits per heavy atom. The van der Waals surface area contributed by atoms with Crippen LogP contribution in [-0.2, 0) is 4.74 Å². The molecule has 0 aliphatic heterocycles. The fraction of sp³-hybridized carbons (Fsp3) is 0.625. The quantitative estimate of drug-likeness (QED) is 0.835. The Balaban J connectivity index is 2.22. The fourth-order valence-electron chi connectivity index (χ4n) is 2.61. The summed E-state index contributed by atoms with van der Waals surface area (Å²) >= 11 is 6.48. The lowest BCUT2D eigenvalue weighted by molar-refractivity contribution is 0.202. The number of rotatable bonds is 7. The highest BCUT2D eigenvalue weighted by Gasteiger charge is 2.32. The molecule has 2 atom stereocenters. The molecular weight excluding hydrogens is 272 g/mol. The first-order chi connectivity index (χ1) is 9.54. The lowest BCUT2D eigenvalue weighted by Gasteiger charge is -2.32. The van der Waals surface area contributed by atoms with Gasteiger partial charge in [0.15, 0.2) is 0 Å². The average molecular weight is 297 g/mol. The molecule has 1 aliphatic rings. The molecule has 1 aromatic rings. The van der Waals surface area contributed by atoms with Crippen molar-refractivity contribution in [1.29, 1.82) is 0 Å². The predicted octanol–water partition coefficient (Wildman–Crippen LogP) is 3.61. The second kappa shape index (κ2) is 6.79. The Bertz CT molecular complexity index is 446. The van der Waals surface area contributed by atoms with Gasteiger partial charge in [-0.25, -0.2) is 0 Å². The minimum atomic E-state index is 0.00910. The zero-order chi connectivity index (χ0) is 14.7. The van der Waals surface area contributed by atoms with Gasteiger partial charge in [0, 0.05) is 25.7 Å². The Labute approximate surface area is 127 Å². The van der Waals surface area contributed by atoms with E-state index in [4.69, 9.17) is 22.1 Å². The molecule has 1 fully saturated rings. The maximum atomic E-state index is 6.48. The van der Waals surface area contributed by atoms with Crippen LogP contribution >= 0.6 is 11.6 Å². The highest BCUT2D eigenvalue weighted by Crippen LogP contribution is 2.39. The molecule has 2 rings (SSSR count). The van der Waals surface area contributed by atoms with Gasteiger partial charge in [0.25, 0.3) is 0 Å². The molecule has 0 spiro atoms. The zero-order valence-corrected chi connectivity index (χ0v) is 13.4. The van der Waals surface area contributed by atoms with Crippen molar-refractivity contribution in [2.24, 2.45) is 11.7 Å². The zero-order valence-electron chi connectivity index (χ0n) is 12.6. The molecular formula is C16H25ClN2O. The molecule has 4 heteroatoms. The van der Waals surface area contributed by atoms with Crippen LogP contribution in [0.25, 0.3) is 0 Å². The van der Waals surface area contributed by atoms with Crippen LogP contribution in [0.4, 0.5) is 5.69 Å². The first-order valence-electron chi connectivity index (χ1n) is 7.35. The van der Waals surface area contributed by atoms with Crippen molar-refractivity contribution in [2.45, 2.75) is 38.8 Å². The van der Waals surface area contributed by atoms with Crippen molar-refractivity contribution in [3.8, 4) is 0 Å². The Kier molecular flexibility index (Phi) is 5.30. The van der Waals surface area contributed by atoms with E-state index in [-0.39, 0.29) is 6.04 Å². The molecule has 0 aromatic heterocycles. The lowest BCUT2D eigenvalue weighted by atomic mass is 10.1. The van der Waals surface area contributed by atoms with Crippen LogP contribution in [0.3, 0.4) is 0 Å². The van der Waals surface area contributed by atoms with Crippen LogP contribution in [-0.4, -0.2) is 26.3 Å². The number of benzene rings is 1. The van der Waals surface area contributed by atoms with Crippen LogP contribution in [0, 0.1) is 5.92 Å². The number of nitrogens with zero attached hydrogens (tertiary/aromatic N) is 1. The minimum absolute atomic E-state index is 0.00910. The van der Waals surface area contributed by atoms with Crippen molar-refractivity contribution >= 4 is 17.3 Å². The summed E-state index contributed by atoms with van der Waals surface area (Å²) in [5.74, 6) is 0.788. The van der Waals surface area contributed by atoms with Gasteiger partial charge in [-0.1, -0.05) is 17.7 Å². The van der Waals surface area contributed by atoms with Crippen LogP contribution < -0.4 is 10.6 Å². The number of nitrogens with two attached hydrogens (primary N) is 1. The van der Waals surface area contributed by atoms with E-state index in [1.165, 1.54) is 12.8 Å². The van der Waals surface area contributed by atoms with Crippen LogP contribution in [0.15, 0.2) is 18.2 Å². The molecule has 20 heavy (non-hydrogen) atoms. The van der Waals surface area contributed by atoms with Gasteiger partial charge in [-0.15, -0.1) is 0 Å². The van der Waals surface area contributed by atoms with E-state index in [2.05, 4.69) is 24.0 Å². The molecule has 0 amide bonds. The van der Waals surface area contributed by atoms with E-state index >= 15 is 0 Å². The summed E-state index contributed by atoms with van der Waals surface area (Å²) in [6.45, 7) is 5.83. The summed E-state index contributed by atoms with van der Waals surface area (Å²) in [7, 11) is 1.74. The topological polar surface area (TPSA) is 38.5 Å². The van der Waals surface area contributed by atoms with Crippen LogP contribution in [0.1, 0.15) is 38.3 Å². The van der Waals surface area contributed by atoms with Crippen molar-refractivity contribution in [2.75, 3.05) is 25.2 Å². The first kappa shape index (κ1) is 15.6. The molecule has 0 radical (unpaired) electrons. The van der Waals surface area contributed by atoms with Gasteiger partial charge >= 0.3 is 0 Å². The van der Waals surface area contributed by atoms with Gasteiger partial charge in [-0.2, -0.15) is 0 Å². The minimum Gasteiger partial charge on any atom is -0.383 e. The summed E-state index contributed by atoms with van der Waals surface area (Å²) in [6.07, 6.45) is 2.64.